The normalized spacial score (nSPS) is 14.8. The molecule has 2 N–H and O–H groups in total. The van der Waals surface area contributed by atoms with Crippen LogP contribution in [0.25, 0.3) is 0 Å². The van der Waals surface area contributed by atoms with Crippen LogP contribution in [0.3, 0.4) is 0 Å². The Hall–Kier alpha value is -0.783. The van der Waals surface area contributed by atoms with E-state index in [-0.39, 0.29) is 0 Å². The van der Waals surface area contributed by atoms with Crippen LogP contribution in [-0.2, 0) is 9.05 Å². The lowest BCUT2D eigenvalue weighted by atomic mass is 10.4. The molecule has 0 unspecified atom stereocenters. The summed E-state index contributed by atoms with van der Waals surface area (Å²) >= 11 is 0. The van der Waals surface area contributed by atoms with E-state index in [1.54, 1.807) is 0 Å². The first-order chi connectivity index (χ1) is 7.60. The molecule has 0 aromatic heterocycles. The molecule has 0 saturated carbocycles. The lowest BCUT2D eigenvalue weighted by Gasteiger charge is -2.15. The number of allylic oxidation sites excluding steroid dienone is 4. The molecule has 0 bridgehead atoms. The predicted octanol–water partition coefficient (Wildman–Crippen LogP) is 2.51. The van der Waals surface area contributed by atoms with Gasteiger partial charge in [-0.1, -0.05) is 26.0 Å². The molecule has 0 aromatic rings. The van der Waals surface area contributed by atoms with Crippen LogP contribution >= 0.6 is 0 Å². The van der Waals surface area contributed by atoms with Gasteiger partial charge in [-0.3, -0.25) is 20.0 Å². The van der Waals surface area contributed by atoms with Crippen molar-refractivity contribution < 1.29 is 9.05 Å². The summed E-state index contributed by atoms with van der Waals surface area (Å²) < 4.78 is 10.8. The highest BCUT2D eigenvalue weighted by Gasteiger charge is 2.06. The lowest BCUT2D eigenvalue weighted by molar-refractivity contribution is 0.117. The van der Waals surface area contributed by atoms with Crippen molar-refractivity contribution in [1.29, 1.82) is 0 Å². The minimum Gasteiger partial charge on any atom is -0.290 e. The van der Waals surface area contributed by atoms with Crippen molar-refractivity contribution >= 4 is 9.28 Å². The van der Waals surface area contributed by atoms with E-state index in [2.05, 4.69) is 37.0 Å². The van der Waals surface area contributed by atoms with Crippen LogP contribution in [0.4, 0.5) is 0 Å². The number of hydrogen-bond donors (Lipinski definition) is 2. The Labute approximate surface area is 100 Å². The third kappa shape index (κ3) is 8.52. The van der Waals surface area contributed by atoms with E-state index in [4.69, 9.17) is 9.05 Å². The van der Waals surface area contributed by atoms with E-state index in [1.807, 2.05) is 20.4 Å². The van der Waals surface area contributed by atoms with Crippen LogP contribution in [0.2, 0.25) is 6.55 Å². The molecular formula is C11H24N2O2Si. The van der Waals surface area contributed by atoms with E-state index in [1.165, 1.54) is 0 Å². The lowest BCUT2D eigenvalue weighted by Crippen LogP contribution is -2.31. The smallest absolute Gasteiger partial charge is 0.290 e. The summed E-state index contributed by atoms with van der Waals surface area (Å²) in [5.41, 5.74) is 7.79. The van der Waals surface area contributed by atoms with Crippen molar-refractivity contribution in [2.75, 3.05) is 0 Å². The highest BCUT2D eigenvalue weighted by atomic mass is 28.3. The van der Waals surface area contributed by atoms with Gasteiger partial charge in [0.25, 0.3) is 0 Å². The maximum absolute atomic E-state index is 5.39. The van der Waals surface area contributed by atoms with Gasteiger partial charge in [0, 0.05) is 11.4 Å². The maximum atomic E-state index is 5.39. The monoisotopic (exact) mass is 244 g/mol. The quantitative estimate of drug-likeness (QED) is 0.508. The molecule has 0 aliphatic heterocycles. The summed E-state index contributed by atoms with van der Waals surface area (Å²) in [5.74, 6) is 0. The van der Waals surface area contributed by atoms with E-state index in [0.29, 0.717) is 0 Å². The molecular weight excluding hydrogens is 220 g/mol. The number of rotatable bonds is 8. The fraction of sp³-hybridized carbons (Fsp3) is 0.636. The number of nitrogens with one attached hydrogen (secondary N) is 2. The van der Waals surface area contributed by atoms with Crippen LogP contribution in [-0.4, -0.2) is 9.28 Å². The molecule has 5 heteroatoms. The van der Waals surface area contributed by atoms with E-state index >= 15 is 0 Å². The summed E-state index contributed by atoms with van der Waals surface area (Å²) in [5, 5.41) is 0. The zero-order valence-corrected chi connectivity index (χ0v) is 12.1. The van der Waals surface area contributed by atoms with Crippen LogP contribution in [0.15, 0.2) is 23.5 Å². The zero-order valence-electron chi connectivity index (χ0n) is 11.0. The molecule has 0 heterocycles. The first-order valence-corrected chi connectivity index (χ1v) is 7.86. The van der Waals surface area contributed by atoms with Crippen LogP contribution < -0.4 is 11.0 Å². The van der Waals surface area contributed by atoms with E-state index in [0.717, 1.165) is 24.2 Å². The topological polar surface area (TPSA) is 42.5 Å². The van der Waals surface area contributed by atoms with Crippen molar-refractivity contribution in [3.8, 4) is 0 Å². The Balaban J connectivity index is 3.70. The van der Waals surface area contributed by atoms with Gasteiger partial charge in [0.15, 0.2) is 0 Å². The van der Waals surface area contributed by atoms with Gasteiger partial charge in [0.1, 0.15) is 0 Å². The minimum absolute atomic E-state index is 0.996. The SMILES string of the molecule is CCC=C(C)NO[SiH](C)ONC(C)=CCC. The first-order valence-electron chi connectivity index (χ1n) is 5.77. The second kappa shape index (κ2) is 9.44. The molecule has 0 radical (unpaired) electrons. The Kier molecular flexibility index (Phi) is 8.98. The second-order valence-corrected chi connectivity index (χ2v) is 5.20. The average molecular weight is 244 g/mol. The molecule has 0 aliphatic carbocycles. The molecule has 0 atom stereocenters. The summed E-state index contributed by atoms with van der Waals surface area (Å²) in [6, 6.07) is 0. The summed E-state index contributed by atoms with van der Waals surface area (Å²) in [4.78, 5) is 0. The Morgan fingerprint density at radius 2 is 1.38 bits per heavy atom. The van der Waals surface area contributed by atoms with Crippen molar-refractivity contribution in [3.63, 3.8) is 0 Å². The average Bonchev–Trinajstić information content (AvgIpc) is 2.24. The summed E-state index contributed by atoms with van der Waals surface area (Å²) in [6.07, 6.45) is 6.12. The predicted molar refractivity (Wildman–Crippen MR) is 69.6 cm³/mol. The largest absolute Gasteiger partial charge is 0.373 e. The highest BCUT2D eigenvalue weighted by Crippen LogP contribution is 1.94. The van der Waals surface area contributed by atoms with Crippen LogP contribution in [0, 0.1) is 0 Å². The van der Waals surface area contributed by atoms with Gasteiger partial charge in [-0.25, -0.2) is 0 Å². The highest BCUT2D eigenvalue weighted by molar-refractivity contribution is 6.42. The summed E-state index contributed by atoms with van der Waals surface area (Å²) in [6.45, 7) is 10.1. The van der Waals surface area contributed by atoms with Crippen molar-refractivity contribution in [3.05, 3.63) is 23.5 Å². The number of hydrogen-bond acceptors (Lipinski definition) is 4. The zero-order chi connectivity index (χ0) is 12.4. The van der Waals surface area contributed by atoms with E-state index in [9.17, 15) is 0 Å². The van der Waals surface area contributed by atoms with Gasteiger partial charge in [0.05, 0.1) is 0 Å². The molecule has 0 aliphatic rings. The van der Waals surface area contributed by atoms with E-state index < -0.39 is 9.28 Å². The van der Waals surface area contributed by atoms with Crippen LogP contribution in [0.5, 0.6) is 0 Å². The molecule has 4 nitrogen and oxygen atoms in total. The fourth-order valence-electron chi connectivity index (χ4n) is 1.07. The second-order valence-electron chi connectivity index (χ2n) is 3.60. The van der Waals surface area contributed by atoms with Crippen molar-refractivity contribution in [1.82, 2.24) is 11.0 Å². The van der Waals surface area contributed by atoms with Crippen LogP contribution in [0.1, 0.15) is 40.5 Å². The van der Waals surface area contributed by atoms with Crippen molar-refractivity contribution in [2.45, 2.75) is 47.1 Å². The maximum Gasteiger partial charge on any atom is 0.373 e. The number of hydroxylamine groups is 2. The molecule has 0 aromatic carbocycles. The molecule has 0 fully saturated rings. The molecule has 0 rings (SSSR count). The molecule has 16 heavy (non-hydrogen) atoms. The third-order valence-electron chi connectivity index (χ3n) is 1.79. The standard InChI is InChI=1S/C11H24N2O2Si/c1-6-8-10(3)12-14-16(5)15-13-11(4)9-7-2/h8-9,12-13,16H,6-7H2,1-5H3. The van der Waals surface area contributed by atoms with Gasteiger partial charge in [-0.05, 0) is 33.2 Å². The molecule has 0 saturated heterocycles. The summed E-state index contributed by atoms with van der Waals surface area (Å²) in [7, 11) is -1.67. The van der Waals surface area contributed by atoms with Gasteiger partial charge >= 0.3 is 9.28 Å². The first kappa shape index (κ1) is 15.2. The van der Waals surface area contributed by atoms with Gasteiger partial charge in [-0.2, -0.15) is 0 Å². The Morgan fingerprint density at radius 3 is 1.69 bits per heavy atom. The van der Waals surface area contributed by atoms with Crippen molar-refractivity contribution in [2.24, 2.45) is 0 Å². The minimum atomic E-state index is -1.67. The van der Waals surface area contributed by atoms with Gasteiger partial charge in [-0.15, -0.1) is 0 Å². The molecule has 0 spiro atoms. The Morgan fingerprint density at radius 1 is 1.00 bits per heavy atom. The molecule has 94 valence electrons. The molecule has 0 amide bonds. The van der Waals surface area contributed by atoms with Gasteiger partial charge < -0.3 is 0 Å². The Bertz CT molecular complexity index is 218. The fourth-order valence-corrected chi connectivity index (χ4v) is 1.82. The van der Waals surface area contributed by atoms with Gasteiger partial charge in [0.2, 0.25) is 0 Å². The third-order valence-corrected chi connectivity index (χ3v) is 2.69.